The number of hydrogen-bond donors (Lipinski definition) is 2. The van der Waals surface area contributed by atoms with Crippen LogP contribution in [0.2, 0.25) is 0 Å². The Bertz CT molecular complexity index is 352. The van der Waals surface area contributed by atoms with Gasteiger partial charge in [0.05, 0.1) is 0 Å². The van der Waals surface area contributed by atoms with Crippen LogP contribution in [0.25, 0.3) is 0 Å². The van der Waals surface area contributed by atoms with Gasteiger partial charge in [-0.1, -0.05) is 6.07 Å². The van der Waals surface area contributed by atoms with Crippen LogP contribution in [0, 0.1) is 0 Å². The van der Waals surface area contributed by atoms with Gasteiger partial charge in [-0.05, 0) is 12.1 Å². The zero-order chi connectivity index (χ0) is 11.3. The maximum atomic E-state index is 11.4. The first-order valence-electron chi connectivity index (χ1n) is 4.32. The number of hydrogen-bond acceptors (Lipinski definition) is 3. The molecule has 0 atom stereocenters. The van der Waals surface area contributed by atoms with Crippen molar-refractivity contribution in [3.8, 4) is 0 Å². The fourth-order valence-electron chi connectivity index (χ4n) is 0.890. The van der Waals surface area contributed by atoms with E-state index in [-0.39, 0.29) is 0 Å². The number of rotatable bonds is 1. The normalized spacial score (nSPS) is 9.20. The molecule has 0 radical (unpaired) electrons. The van der Waals surface area contributed by atoms with Crippen molar-refractivity contribution in [2.75, 3.05) is 19.4 Å². The molecule has 2 N–H and O–H groups in total. The van der Waals surface area contributed by atoms with Gasteiger partial charge in [0.15, 0.2) is 0 Å². The number of nitrogens with zero attached hydrogens (tertiary/aromatic N) is 2. The summed E-state index contributed by atoms with van der Waals surface area (Å²) in [5.74, 6) is 0.401. The third-order valence-electron chi connectivity index (χ3n) is 1.72. The molecule has 1 aromatic rings. The first-order valence-corrected chi connectivity index (χ1v) is 4.32. The molecule has 0 unspecified atom stereocenters. The molecule has 15 heavy (non-hydrogen) atoms. The van der Waals surface area contributed by atoms with E-state index in [9.17, 15) is 9.59 Å². The van der Waals surface area contributed by atoms with Gasteiger partial charge in [-0.2, -0.15) is 0 Å². The zero-order valence-electron chi connectivity index (χ0n) is 8.52. The van der Waals surface area contributed by atoms with Crippen LogP contribution in [-0.2, 0) is 0 Å². The molecule has 80 valence electrons. The Morgan fingerprint density at radius 2 is 2.07 bits per heavy atom. The second-order valence-electron chi connectivity index (χ2n) is 2.76. The molecule has 0 fully saturated rings. The number of amides is 4. The molecule has 4 amide bonds. The third kappa shape index (κ3) is 2.94. The topological polar surface area (TPSA) is 74.3 Å². The Morgan fingerprint density at radius 1 is 1.33 bits per heavy atom. The molecule has 6 nitrogen and oxygen atoms in total. The van der Waals surface area contributed by atoms with Gasteiger partial charge in [0.2, 0.25) is 0 Å². The van der Waals surface area contributed by atoms with Gasteiger partial charge in [-0.15, -0.1) is 0 Å². The lowest BCUT2D eigenvalue weighted by molar-refractivity contribution is 0.203. The zero-order valence-corrected chi connectivity index (χ0v) is 8.52. The maximum Gasteiger partial charge on any atom is 0.330 e. The molecule has 0 aliphatic heterocycles. The Hall–Kier alpha value is -2.11. The molecular weight excluding hydrogens is 196 g/mol. The minimum absolute atomic E-state index is 0.401. The average Bonchev–Trinajstić information content (AvgIpc) is 2.28. The van der Waals surface area contributed by atoms with Crippen LogP contribution in [0.5, 0.6) is 0 Å². The van der Waals surface area contributed by atoms with E-state index in [1.165, 1.54) is 14.1 Å². The molecule has 0 bridgehead atoms. The van der Waals surface area contributed by atoms with Gasteiger partial charge in [0.25, 0.3) is 0 Å². The standard InChI is InChI=1S/C9H12N4O2/c1-10-8(14)13(2)9(15)12-7-5-3-4-6-11-7/h3-6H,1-2H3,(H,10,14)(H,11,12,15). The molecular formula is C9H12N4O2. The fourth-order valence-corrected chi connectivity index (χ4v) is 0.890. The molecule has 0 spiro atoms. The smallest absolute Gasteiger partial charge is 0.330 e. The van der Waals surface area contributed by atoms with Crippen molar-refractivity contribution in [2.45, 2.75) is 0 Å². The maximum absolute atomic E-state index is 11.4. The van der Waals surface area contributed by atoms with Crippen LogP contribution in [0.4, 0.5) is 15.4 Å². The van der Waals surface area contributed by atoms with Crippen molar-refractivity contribution in [1.82, 2.24) is 15.2 Å². The highest BCUT2D eigenvalue weighted by Gasteiger charge is 2.14. The van der Waals surface area contributed by atoms with E-state index in [4.69, 9.17) is 0 Å². The summed E-state index contributed by atoms with van der Waals surface area (Å²) in [6.45, 7) is 0. The van der Waals surface area contributed by atoms with Gasteiger partial charge < -0.3 is 5.32 Å². The van der Waals surface area contributed by atoms with E-state index < -0.39 is 12.1 Å². The number of urea groups is 2. The van der Waals surface area contributed by atoms with Gasteiger partial charge in [0, 0.05) is 20.3 Å². The molecule has 1 heterocycles. The first kappa shape index (κ1) is 11.0. The van der Waals surface area contributed by atoms with Crippen molar-refractivity contribution >= 4 is 17.9 Å². The van der Waals surface area contributed by atoms with Crippen LogP contribution in [0.1, 0.15) is 0 Å². The second-order valence-corrected chi connectivity index (χ2v) is 2.76. The minimum Gasteiger partial charge on any atom is -0.341 e. The number of carbonyl (C=O) groups is 2. The molecule has 1 aromatic heterocycles. The van der Waals surface area contributed by atoms with Crippen molar-refractivity contribution < 1.29 is 9.59 Å². The summed E-state index contributed by atoms with van der Waals surface area (Å²) in [7, 11) is 2.82. The molecule has 0 aliphatic rings. The van der Waals surface area contributed by atoms with Crippen molar-refractivity contribution in [3.05, 3.63) is 24.4 Å². The number of aromatic nitrogens is 1. The summed E-state index contributed by atoms with van der Waals surface area (Å²) < 4.78 is 0. The molecule has 6 heteroatoms. The van der Waals surface area contributed by atoms with E-state index in [1.807, 2.05) is 0 Å². The lowest BCUT2D eigenvalue weighted by Crippen LogP contribution is -2.41. The molecule has 0 aromatic carbocycles. The monoisotopic (exact) mass is 208 g/mol. The van der Waals surface area contributed by atoms with E-state index >= 15 is 0 Å². The average molecular weight is 208 g/mol. The summed E-state index contributed by atoms with van der Waals surface area (Å²) in [6.07, 6.45) is 1.55. The number of carbonyl (C=O) groups excluding carboxylic acids is 2. The largest absolute Gasteiger partial charge is 0.341 e. The van der Waals surface area contributed by atoms with Gasteiger partial charge in [-0.25, -0.2) is 19.5 Å². The quantitative estimate of drug-likeness (QED) is 0.719. The predicted octanol–water partition coefficient (Wildman–Crippen LogP) is 0.885. The number of pyridine rings is 1. The molecule has 0 saturated carbocycles. The highest BCUT2D eigenvalue weighted by molar-refractivity contribution is 5.99. The van der Waals surface area contributed by atoms with E-state index in [2.05, 4.69) is 15.6 Å². The predicted molar refractivity (Wildman–Crippen MR) is 55.5 cm³/mol. The Labute approximate surface area is 87.3 Å². The first-order chi connectivity index (χ1) is 7.15. The lowest BCUT2D eigenvalue weighted by Gasteiger charge is -2.14. The summed E-state index contributed by atoms with van der Waals surface area (Å²) in [5, 5.41) is 4.81. The van der Waals surface area contributed by atoms with E-state index in [1.54, 1.807) is 24.4 Å². The second kappa shape index (κ2) is 4.94. The third-order valence-corrected chi connectivity index (χ3v) is 1.72. The molecule has 0 saturated heterocycles. The Balaban J connectivity index is 2.60. The van der Waals surface area contributed by atoms with Crippen molar-refractivity contribution in [2.24, 2.45) is 0 Å². The molecule has 1 rings (SSSR count). The van der Waals surface area contributed by atoms with Crippen LogP contribution in [-0.4, -0.2) is 36.0 Å². The van der Waals surface area contributed by atoms with Gasteiger partial charge in [-0.3, -0.25) is 5.32 Å². The molecule has 0 aliphatic carbocycles. The van der Waals surface area contributed by atoms with Crippen LogP contribution < -0.4 is 10.6 Å². The highest BCUT2D eigenvalue weighted by Crippen LogP contribution is 2.01. The summed E-state index contributed by atoms with van der Waals surface area (Å²) in [5.41, 5.74) is 0. The minimum atomic E-state index is -0.534. The number of nitrogens with one attached hydrogen (secondary N) is 2. The van der Waals surface area contributed by atoms with Crippen LogP contribution >= 0.6 is 0 Å². The van der Waals surface area contributed by atoms with E-state index in [0.717, 1.165) is 4.90 Å². The summed E-state index contributed by atoms with van der Waals surface area (Å²) in [4.78, 5) is 27.3. The van der Waals surface area contributed by atoms with Gasteiger partial charge in [0.1, 0.15) is 5.82 Å². The number of anilines is 1. The Kier molecular flexibility index (Phi) is 3.61. The summed E-state index contributed by atoms with van der Waals surface area (Å²) in [6, 6.07) is 4.09. The van der Waals surface area contributed by atoms with E-state index in [0.29, 0.717) is 5.82 Å². The fraction of sp³-hybridized carbons (Fsp3) is 0.222. The van der Waals surface area contributed by atoms with Gasteiger partial charge >= 0.3 is 12.1 Å². The van der Waals surface area contributed by atoms with Crippen molar-refractivity contribution in [3.63, 3.8) is 0 Å². The van der Waals surface area contributed by atoms with Crippen LogP contribution in [0.3, 0.4) is 0 Å². The lowest BCUT2D eigenvalue weighted by atomic mass is 10.5. The SMILES string of the molecule is CNC(=O)N(C)C(=O)Nc1ccccn1. The van der Waals surface area contributed by atoms with Crippen LogP contribution in [0.15, 0.2) is 24.4 Å². The Morgan fingerprint density at radius 3 is 2.60 bits per heavy atom. The number of imide groups is 1. The van der Waals surface area contributed by atoms with Crippen molar-refractivity contribution in [1.29, 1.82) is 0 Å². The summed E-state index contributed by atoms with van der Waals surface area (Å²) >= 11 is 0. The highest BCUT2D eigenvalue weighted by atomic mass is 16.2.